The lowest BCUT2D eigenvalue weighted by molar-refractivity contribution is -0.384. The van der Waals surface area contributed by atoms with E-state index in [9.17, 15) is 24.1 Å². The van der Waals surface area contributed by atoms with Crippen LogP contribution in [-0.4, -0.2) is 28.5 Å². The normalized spacial score (nSPS) is 11.7. The van der Waals surface area contributed by atoms with E-state index in [4.69, 9.17) is 5.11 Å². The van der Waals surface area contributed by atoms with Gasteiger partial charge in [0, 0.05) is 25.1 Å². The average Bonchev–Trinajstić information content (AvgIpc) is 2.35. The van der Waals surface area contributed by atoms with E-state index in [2.05, 4.69) is 5.32 Å². The highest BCUT2D eigenvalue weighted by Crippen LogP contribution is 2.16. The number of halogens is 1. The summed E-state index contributed by atoms with van der Waals surface area (Å²) in [7, 11) is 0. The Kier molecular flexibility index (Phi) is 5.13. The fourth-order valence-corrected chi connectivity index (χ4v) is 1.53. The van der Waals surface area contributed by atoms with Gasteiger partial charge in [-0.2, -0.15) is 0 Å². The van der Waals surface area contributed by atoms with E-state index in [1.165, 1.54) is 0 Å². The van der Waals surface area contributed by atoms with Crippen molar-refractivity contribution in [2.24, 2.45) is 5.92 Å². The Morgan fingerprint density at radius 1 is 1.50 bits per heavy atom. The number of hydrogen-bond donors (Lipinski definition) is 2. The van der Waals surface area contributed by atoms with Gasteiger partial charge in [-0.15, -0.1) is 0 Å². The molecule has 0 radical (unpaired) electrons. The summed E-state index contributed by atoms with van der Waals surface area (Å²) in [5, 5.41) is 21.5. The molecular formula is C12H13FN2O5. The molecule has 2 N–H and O–H groups in total. The first-order valence-electron chi connectivity index (χ1n) is 5.75. The first-order chi connectivity index (χ1) is 9.31. The second-order valence-corrected chi connectivity index (χ2v) is 4.33. The lowest BCUT2D eigenvalue weighted by Gasteiger charge is -2.10. The van der Waals surface area contributed by atoms with Crippen molar-refractivity contribution in [2.45, 2.75) is 13.3 Å². The largest absolute Gasteiger partial charge is 0.481 e. The van der Waals surface area contributed by atoms with E-state index in [1.807, 2.05) is 0 Å². The number of carboxylic acid groups (broad SMARTS) is 1. The Morgan fingerprint density at radius 3 is 2.70 bits per heavy atom. The van der Waals surface area contributed by atoms with Crippen molar-refractivity contribution >= 4 is 17.6 Å². The molecule has 20 heavy (non-hydrogen) atoms. The van der Waals surface area contributed by atoms with Crippen LogP contribution in [0.4, 0.5) is 10.1 Å². The van der Waals surface area contributed by atoms with Crippen LogP contribution in [0.5, 0.6) is 0 Å². The molecule has 1 aromatic rings. The number of rotatable bonds is 6. The molecule has 0 bridgehead atoms. The molecule has 0 aliphatic rings. The number of nitro groups is 1. The molecule has 0 spiro atoms. The predicted molar refractivity (Wildman–Crippen MR) is 66.8 cm³/mol. The van der Waals surface area contributed by atoms with Gasteiger partial charge in [-0.3, -0.25) is 19.7 Å². The van der Waals surface area contributed by atoms with E-state index in [0.29, 0.717) is 0 Å². The summed E-state index contributed by atoms with van der Waals surface area (Å²) in [4.78, 5) is 32.0. The van der Waals surface area contributed by atoms with Crippen molar-refractivity contribution in [3.8, 4) is 0 Å². The van der Waals surface area contributed by atoms with Gasteiger partial charge in [0.15, 0.2) is 0 Å². The number of carbonyl (C=O) groups excluding carboxylic acids is 1. The van der Waals surface area contributed by atoms with Gasteiger partial charge < -0.3 is 10.4 Å². The van der Waals surface area contributed by atoms with Crippen LogP contribution in [0.3, 0.4) is 0 Å². The van der Waals surface area contributed by atoms with Crippen LogP contribution in [-0.2, 0) is 4.79 Å². The van der Waals surface area contributed by atoms with Crippen molar-refractivity contribution in [2.75, 3.05) is 6.54 Å². The molecule has 0 aromatic heterocycles. The minimum Gasteiger partial charge on any atom is -0.481 e. The summed E-state index contributed by atoms with van der Waals surface area (Å²) in [5.41, 5.74) is -0.836. The number of nitro benzene ring substituents is 1. The van der Waals surface area contributed by atoms with Gasteiger partial charge in [-0.1, -0.05) is 6.92 Å². The number of non-ortho nitro benzene ring substituents is 1. The topological polar surface area (TPSA) is 110 Å². The zero-order chi connectivity index (χ0) is 15.3. The average molecular weight is 284 g/mol. The summed E-state index contributed by atoms with van der Waals surface area (Å²) in [5.74, 6) is -3.03. The Labute approximate surface area is 113 Å². The first kappa shape index (κ1) is 15.5. The molecule has 1 atom stereocenters. The second-order valence-electron chi connectivity index (χ2n) is 4.33. The SMILES string of the molecule is CC(CNC(=O)c1cc([N+](=O)[O-])ccc1F)CC(=O)O. The van der Waals surface area contributed by atoms with Crippen LogP contribution in [0, 0.1) is 21.8 Å². The van der Waals surface area contributed by atoms with Crippen LogP contribution in [0.25, 0.3) is 0 Å². The van der Waals surface area contributed by atoms with Gasteiger partial charge in [0.25, 0.3) is 11.6 Å². The van der Waals surface area contributed by atoms with E-state index >= 15 is 0 Å². The minimum absolute atomic E-state index is 0.0350. The smallest absolute Gasteiger partial charge is 0.303 e. The summed E-state index contributed by atoms with van der Waals surface area (Å²) in [6, 6.07) is 2.64. The molecule has 0 saturated carbocycles. The maximum atomic E-state index is 13.4. The van der Waals surface area contributed by atoms with Gasteiger partial charge >= 0.3 is 5.97 Å². The molecular weight excluding hydrogens is 271 g/mol. The number of hydrogen-bond acceptors (Lipinski definition) is 4. The fraction of sp³-hybridized carbons (Fsp3) is 0.333. The van der Waals surface area contributed by atoms with Crippen molar-refractivity contribution in [3.63, 3.8) is 0 Å². The summed E-state index contributed by atoms with van der Waals surface area (Å²) in [6.45, 7) is 1.64. The monoisotopic (exact) mass is 284 g/mol. The van der Waals surface area contributed by atoms with E-state index in [1.54, 1.807) is 6.92 Å². The number of nitrogens with zero attached hydrogens (tertiary/aromatic N) is 1. The van der Waals surface area contributed by atoms with Crippen molar-refractivity contribution < 1.29 is 24.0 Å². The molecule has 108 valence electrons. The molecule has 0 fully saturated rings. The molecule has 0 heterocycles. The van der Waals surface area contributed by atoms with Crippen LogP contribution in [0.15, 0.2) is 18.2 Å². The third kappa shape index (κ3) is 4.30. The summed E-state index contributed by atoms with van der Waals surface area (Å²) >= 11 is 0. The van der Waals surface area contributed by atoms with Crippen LogP contribution in [0.2, 0.25) is 0 Å². The van der Waals surface area contributed by atoms with Crippen LogP contribution >= 0.6 is 0 Å². The molecule has 0 saturated heterocycles. The molecule has 1 aromatic carbocycles. The third-order valence-electron chi connectivity index (χ3n) is 2.54. The summed E-state index contributed by atoms with van der Waals surface area (Å²) < 4.78 is 13.4. The standard InChI is InChI=1S/C12H13FN2O5/c1-7(4-11(16)17)6-14-12(18)9-5-8(15(19)20)2-3-10(9)13/h2-3,5,7H,4,6H2,1H3,(H,14,18)(H,16,17). The molecule has 1 rings (SSSR count). The molecule has 1 unspecified atom stereocenters. The molecule has 0 aliphatic heterocycles. The van der Waals surface area contributed by atoms with Gasteiger partial charge in [-0.05, 0) is 12.0 Å². The number of carbonyl (C=O) groups is 2. The lowest BCUT2D eigenvalue weighted by Crippen LogP contribution is -2.29. The number of carboxylic acids is 1. The van der Waals surface area contributed by atoms with E-state index in [0.717, 1.165) is 18.2 Å². The maximum Gasteiger partial charge on any atom is 0.303 e. The predicted octanol–water partition coefficient (Wildman–Crippen LogP) is 1.57. The zero-order valence-corrected chi connectivity index (χ0v) is 10.6. The van der Waals surface area contributed by atoms with Crippen LogP contribution < -0.4 is 5.32 Å². The summed E-state index contributed by atoms with van der Waals surface area (Å²) in [6.07, 6.45) is -0.141. The maximum absolute atomic E-state index is 13.4. The molecule has 0 aliphatic carbocycles. The Balaban J connectivity index is 2.74. The Bertz CT molecular complexity index is 547. The second kappa shape index (κ2) is 6.60. The molecule has 7 nitrogen and oxygen atoms in total. The Hall–Kier alpha value is -2.51. The molecule has 1 amide bonds. The number of nitrogens with one attached hydrogen (secondary N) is 1. The highest BCUT2D eigenvalue weighted by Gasteiger charge is 2.17. The van der Waals surface area contributed by atoms with Gasteiger partial charge in [-0.25, -0.2) is 4.39 Å². The van der Waals surface area contributed by atoms with Crippen molar-refractivity contribution in [3.05, 3.63) is 39.7 Å². The minimum atomic E-state index is -1.01. The van der Waals surface area contributed by atoms with Gasteiger partial charge in [0.2, 0.25) is 0 Å². The van der Waals surface area contributed by atoms with Crippen LogP contribution in [0.1, 0.15) is 23.7 Å². The van der Waals surface area contributed by atoms with Gasteiger partial charge in [0.1, 0.15) is 5.82 Å². The highest BCUT2D eigenvalue weighted by molar-refractivity contribution is 5.95. The molecule has 8 heteroatoms. The van der Waals surface area contributed by atoms with E-state index in [-0.39, 0.29) is 18.9 Å². The van der Waals surface area contributed by atoms with E-state index < -0.39 is 33.9 Å². The Morgan fingerprint density at radius 2 is 2.15 bits per heavy atom. The zero-order valence-electron chi connectivity index (χ0n) is 10.6. The quantitative estimate of drug-likeness (QED) is 0.608. The van der Waals surface area contributed by atoms with Gasteiger partial charge in [0.05, 0.1) is 10.5 Å². The first-order valence-corrected chi connectivity index (χ1v) is 5.75. The highest BCUT2D eigenvalue weighted by atomic mass is 19.1. The number of amides is 1. The fourth-order valence-electron chi connectivity index (χ4n) is 1.53. The third-order valence-corrected chi connectivity index (χ3v) is 2.54. The number of benzene rings is 1. The van der Waals surface area contributed by atoms with Crippen molar-refractivity contribution in [1.29, 1.82) is 0 Å². The lowest BCUT2D eigenvalue weighted by atomic mass is 10.1. The van der Waals surface area contributed by atoms with Crippen molar-refractivity contribution in [1.82, 2.24) is 5.32 Å². The number of aliphatic carboxylic acids is 1.